The summed E-state index contributed by atoms with van der Waals surface area (Å²) in [6.45, 7) is 2.40. The zero-order valence-electron chi connectivity index (χ0n) is 13.9. The van der Waals surface area contributed by atoms with Gasteiger partial charge in [0.2, 0.25) is 11.8 Å². The first-order valence-electron chi connectivity index (χ1n) is 8.26. The summed E-state index contributed by atoms with van der Waals surface area (Å²) in [7, 11) is 1.76. The summed E-state index contributed by atoms with van der Waals surface area (Å²) in [5.74, 6) is -0.0227. The molecule has 2 amide bonds. The molecule has 1 fully saturated rings. The number of amides is 2. The molecule has 2 aromatic rings. The predicted octanol–water partition coefficient (Wildman–Crippen LogP) is 2.44. The summed E-state index contributed by atoms with van der Waals surface area (Å²) >= 11 is 0. The maximum absolute atomic E-state index is 12.4. The van der Waals surface area contributed by atoms with Gasteiger partial charge in [0.15, 0.2) is 0 Å². The van der Waals surface area contributed by atoms with E-state index >= 15 is 0 Å². The molecule has 1 aliphatic rings. The van der Waals surface area contributed by atoms with Gasteiger partial charge in [-0.05, 0) is 22.9 Å². The molecule has 5 nitrogen and oxygen atoms in total. The van der Waals surface area contributed by atoms with Gasteiger partial charge in [-0.25, -0.2) is 0 Å². The molecular formula is C19H22N2O3. The molecule has 0 N–H and O–H groups in total. The van der Waals surface area contributed by atoms with Gasteiger partial charge in [-0.1, -0.05) is 30.3 Å². The summed E-state index contributed by atoms with van der Waals surface area (Å²) in [6.07, 6.45) is 0.469. The Morgan fingerprint density at radius 2 is 1.75 bits per heavy atom. The van der Waals surface area contributed by atoms with Crippen molar-refractivity contribution in [1.29, 1.82) is 0 Å². The quantitative estimate of drug-likeness (QED) is 0.867. The Hall–Kier alpha value is -2.40. The molecule has 0 aromatic heterocycles. The standard InChI is InChI=1S/C19H22N2O3/c1-20(17-7-6-15-4-2-3-5-16(15)14-17)18(22)8-9-19(23)21-10-12-24-13-11-21/h2-7,14H,8-13H2,1H3. The summed E-state index contributed by atoms with van der Waals surface area (Å²) in [5, 5.41) is 2.24. The molecule has 3 rings (SSSR count). The van der Waals surface area contributed by atoms with Gasteiger partial charge in [0.25, 0.3) is 0 Å². The number of anilines is 1. The van der Waals surface area contributed by atoms with Gasteiger partial charge >= 0.3 is 0 Å². The monoisotopic (exact) mass is 326 g/mol. The fourth-order valence-corrected chi connectivity index (χ4v) is 2.88. The number of carbonyl (C=O) groups is 2. The molecule has 24 heavy (non-hydrogen) atoms. The number of ether oxygens (including phenoxy) is 1. The van der Waals surface area contributed by atoms with Crippen molar-refractivity contribution in [3.63, 3.8) is 0 Å². The van der Waals surface area contributed by atoms with Crippen molar-refractivity contribution in [2.75, 3.05) is 38.3 Å². The van der Waals surface area contributed by atoms with Crippen molar-refractivity contribution in [3.8, 4) is 0 Å². The van der Waals surface area contributed by atoms with Crippen LogP contribution in [0.15, 0.2) is 42.5 Å². The Morgan fingerprint density at radius 3 is 2.50 bits per heavy atom. The Balaban J connectivity index is 1.60. The highest BCUT2D eigenvalue weighted by Crippen LogP contribution is 2.22. The van der Waals surface area contributed by atoms with Crippen LogP contribution in [0.5, 0.6) is 0 Å². The fraction of sp³-hybridized carbons (Fsp3) is 0.368. The van der Waals surface area contributed by atoms with Gasteiger partial charge in [0, 0.05) is 38.7 Å². The first-order valence-corrected chi connectivity index (χ1v) is 8.26. The van der Waals surface area contributed by atoms with E-state index in [-0.39, 0.29) is 24.7 Å². The van der Waals surface area contributed by atoms with Crippen molar-refractivity contribution in [2.45, 2.75) is 12.8 Å². The average molecular weight is 326 g/mol. The second-order valence-corrected chi connectivity index (χ2v) is 5.98. The minimum absolute atomic E-state index is 0.0264. The molecule has 126 valence electrons. The molecule has 0 aliphatic carbocycles. The van der Waals surface area contributed by atoms with Crippen molar-refractivity contribution in [1.82, 2.24) is 4.90 Å². The number of nitrogens with zero attached hydrogens (tertiary/aromatic N) is 2. The summed E-state index contributed by atoms with van der Waals surface area (Å²) in [6, 6.07) is 14.0. The van der Waals surface area contributed by atoms with E-state index in [1.54, 1.807) is 16.8 Å². The van der Waals surface area contributed by atoms with Crippen LogP contribution < -0.4 is 4.90 Å². The molecule has 0 unspecified atom stereocenters. The van der Waals surface area contributed by atoms with Crippen LogP contribution in [0.4, 0.5) is 5.69 Å². The number of rotatable bonds is 4. The number of hydrogen-bond acceptors (Lipinski definition) is 3. The normalized spacial score (nSPS) is 14.6. The van der Waals surface area contributed by atoms with Crippen molar-refractivity contribution in [3.05, 3.63) is 42.5 Å². The lowest BCUT2D eigenvalue weighted by Gasteiger charge is -2.27. The Bertz CT molecular complexity index is 738. The van der Waals surface area contributed by atoms with Crippen LogP contribution in [-0.4, -0.2) is 50.1 Å². The molecule has 2 aromatic carbocycles. The number of carbonyl (C=O) groups excluding carboxylic acids is 2. The lowest BCUT2D eigenvalue weighted by Crippen LogP contribution is -2.41. The molecule has 5 heteroatoms. The van der Waals surface area contributed by atoms with Gasteiger partial charge in [-0.15, -0.1) is 0 Å². The summed E-state index contributed by atoms with van der Waals surface area (Å²) in [4.78, 5) is 27.9. The highest BCUT2D eigenvalue weighted by Gasteiger charge is 2.19. The van der Waals surface area contributed by atoms with Gasteiger partial charge in [0.05, 0.1) is 13.2 Å². The first-order chi connectivity index (χ1) is 11.6. The van der Waals surface area contributed by atoms with Crippen LogP contribution in [0.3, 0.4) is 0 Å². The molecule has 0 spiro atoms. The Kier molecular flexibility index (Phi) is 5.11. The highest BCUT2D eigenvalue weighted by atomic mass is 16.5. The number of benzene rings is 2. The van der Waals surface area contributed by atoms with E-state index in [0.29, 0.717) is 26.3 Å². The molecule has 0 saturated carbocycles. The minimum Gasteiger partial charge on any atom is -0.378 e. The van der Waals surface area contributed by atoms with E-state index in [1.807, 2.05) is 42.5 Å². The number of morpholine rings is 1. The lowest BCUT2D eigenvalue weighted by atomic mass is 10.1. The van der Waals surface area contributed by atoms with E-state index < -0.39 is 0 Å². The van der Waals surface area contributed by atoms with Crippen LogP contribution in [0.25, 0.3) is 10.8 Å². The van der Waals surface area contributed by atoms with E-state index in [1.165, 1.54) is 0 Å². The van der Waals surface area contributed by atoms with Gasteiger partial charge in [-0.2, -0.15) is 0 Å². The van der Waals surface area contributed by atoms with Crippen LogP contribution in [-0.2, 0) is 14.3 Å². The zero-order valence-corrected chi connectivity index (χ0v) is 13.9. The molecular weight excluding hydrogens is 304 g/mol. The Labute approximate surface area is 141 Å². The van der Waals surface area contributed by atoms with Crippen molar-refractivity contribution < 1.29 is 14.3 Å². The van der Waals surface area contributed by atoms with Gasteiger partial charge < -0.3 is 14.5 Å². The topological polar surface area (TPSA) is 49.9 Å². The van der Waals surface area contributed by atoms with Crippen molar-refractivity contribution >= 4 is 28.3 Å². The zero-order chi connectivity index (χ0) is 16.9. The third kappa shape index (κ3) is 3.74. The van der Waals surface area contributed by atoms with Crippen LogP contribution in [0.1, 0.15) is 12.8 Å². The lowest BCUT2D eigenvalue weighted by molar-refractivity contribution is -0.136. The van der Waals surface area contributed by atoms with Crippen LogP contribution in [0, 0.1) is 0 Å². The van der Waals surface area contributed by atoms with Crippen LogP contribution in [0.2, 0.25) is 0 Å². The number of fused-ring (bicyclic) bond motifs is 1. The van der Waals surface area contributed by atoms with Crippen molar-refractivity contribution in [2.24, 2.45) is 0 Å². The maximum Gasteiger partial charge on any atom is 0.227 e. The largest absolute Gasteiger partial charge is 0.378 e. The molecule has 1 saturated heterocycles. The van der Waals surface area contributed by atoms with Gasteiger partial charge in [0.1, 0.15) is 0 Å². The van der Waals surface area contributed by atoms with E-state index in [4.69, 9.17) is 4.74 Å². The second-order valence-electron chi connectivity index (χ2n) is 5.98. The average Bonchev–Trinajstić information content (AvgIpc) is 2.65. The Morgan fingerprint density at radius 1 is 1.04 bits per heavy atom. The second kappa shape index (κ2) is 7.45. The minimum atomic E-state index is -0.0492. The fourth-order valence-electron chi connectivity index (χ4n) is 2.88. The van der Waals surface area contributed by atoms with E-state index in [9.17, 15) is 9.59 Å². The summed E-state index contributed by atoms with van der Waals surface area (Å²) in [5.41, 5.74) is 0.845. The van der Waals surface area contributed by atoms with Gasteiger partial charge in [-0.3, -0.25) is 9.59 Å². The molecule has 0 atom stereocenters. The molecule has 0 radical (unpaired) electrons. The smallest absolute Gasteiger partial charge is 0.227 e. The first kappa shape index (κ1) is 16.5. The molecule has 0 bridgehead atoms. The third-order valence-electron chi connectivity index (χ3n) is 4.41. The van der Waals surface area contributed by atoms with E-state index in [2.05, 4.69) is 0 Å². The molecule has 1 heterocycles. The molecule has 1 aliphatic heterocycles. The van der Waals surface area contributed by atoms with Crippen LogP contribution >= 0.6 is 0 Å². The maximum atomic E-state index is 12.4. The SMILES string of the molecule is CN(C(=O)CCC(=O)N1CCOCC1)c1ccc2ccccc2c1. The summed E-state index contributed by atoms with van der Waals surface area (Å²) < 4.78 is 5.24. The predicted molar refractivity (Wildman–Crippen MR) is 94.0 cm³/mol. The third-order valence-corrected chi connectivity index (χ3v) is 4.41. The van der Waals surface area contributed by atoms with E-state index in [0.717, 1.165) is 16.5 Å². The highest BCUT2D eigenvalue weighted by molar-refractivity contribution is 5.97. The number of hydrogen-bond donors (Lipinski definition) is 0.